The summed E-state index contributed by atoms with van der Waals surface area (Å²) in [4.78, 5) is 8.29. The van der Waals surface area contributed by atoms with E-state index >= 15 is 0 Å². The van der Waals surface area contributed by atoms with Crippen molar-refractivity contribution in [2.24, 2.45) is 0 Å². The Balaban J connectivity index is 2.37. The predicted octanol–water partition coefficient (Wildman–Crippen LogP) is 2.80. The quantitative estimate of drug-likeness (QED) is 0.734. The molecule has 0 saturated carbocycles. The zero-order valence-electron chi connectivity index (χ0n) is 9.14. The molecule has 0 atom stereocenters. The molecule has 0 unspecified atom stereocenters. The van der Waals surface area contributed by atoms with Gasteiger partial charge in [-0.3, -0.25) is 4.57 Å². The average molecular weight is 263 g/mol. The fourth-order valence-electron chi connectivity index (χ4n) is 1.82. The van der Waals surface area contributed by atoms with Crippen molar-refractivity contribution < 1.29 is 4.39 Å². The third-order valence-electron chi connectivity index (χ3n) is 2.59. The van der Waals surface area contributed by atoms with Gasteiger partial charge in [-0.1, -0.05) is 11.6 Å². The first-order chi connectivity index (χ1) is 8.66. The number of hydrogen-bond donors (Lipinski definition) is 1. The normalized spacial score (nSPS) is 11.0. The molecular formula is C12H8ClFN4. The van der Waals surface area contributed by atoms with Crippen LogP contribution < -0.4 is 5.73 Å². The van der Waals surface area contributed by atoms with Crippen LogP contribution in [0.25, 0.3) is 16.9 Å². The van der Waals surface area contributed by atoms with E-state index in [0.29, 0.717) is 16.2 Å². The van der Waals surface area contributed by atoms with E-state index in [4.69, 9.17) is 17.3 Å². The monoisotopic (exact) mass is 262 g/mol. The van der Waals surface area contributed by atoms with Crippen molar-refractivity contribution in [3.8, 4) is 5.69 Å². The molecule has 4 nitrogen and oxygen atoms in total. The molecule has 0 aliphatic heterocycles. The van der Waals surface area contributed by atoms with Crippen molar-refractivity contribution in [1.29, 1.82) is 0 Å². The zero-order chi connectivity index (χ0) is 12.7. The molecule has 0 aliphatic carbocycles. The second kappa shape index (κ2) is 3.96. The number of fused-ring (bicyclic) bond motifs is 1. The highest BCUT2D eigenvalue weighted by Crippen LogP contribution is 2.25. The Hall–Kier alpha value is -2.14. The SMILES string of the molecule is Nc1nc2cccnc2n1-c1cc(Cl)ccc1F. The number of anilines is 1. The fraction of sp³-hybridized carbons (Fsp3) is 0. The van der Waals surface area contributed by atoms with Crippen LogP contribution in [-0.4, -0.2) is 14.5 Å². The third kappa shape index (κ3) is 1.60. The number of pyridine rings is 1. The van der Waals surface area contributed by atoms with Crippen LogP contribution in [0.5, 0.6) is 0 Å². The zero-order valence-corrected chi connectivity index (χ0v) is 9.89. The van der Waals surface area contributed by atoms with E-state index in [1.165, 1.54) is 22.8 Å². The number of nitrogens with two attached hydrogens (primary N) is 1. The molecule has 0 aliphatic rings. The van der Waals surface area contributed by atoms with Gasteiger partial charge < -0.3 is 5.73 Å². The lowest BCUT2D eigenvalue weighted by Crippen LogP contribution is -2.03. The molecule has 0 radical (unpaired) electrons. The van der Waals surface area contributed by atoms with E-state index in [2.05, 4.69) is 9.97 Å². The van der Waals surface area contributed by atoms with Crippen LogP contribution in [0.2, 0.25) is 5.02 Å². The Bertz CT molecular complexity index is 738. The predicted molar refractivity (Wildman–Crippen MR) is 68.2 cm³/mol. The van der Waals surface area contributed by atoms with E-state index < -0.39 is 5.82 Å². The molecule has 2 aromatic heterocycles. The highest BCUT2D eigenvalue weighted by molar-refractivity contribution is 6.30. The van der Waals surface area contributed by atoms with Gasteiger partial charge in [0.2, 0.25) is 5.95 Å². The average Bonchev–Trinajstić information content (AvgIpc) is 2.68. The summed E-state index contributed by atoms with van der Waals surface area (Å²) in [6.45, 7) is 0. The van der Waals surface area contributed by atoms with Gasteiger partial charge in [0.05, 0.1) is 5.69 Å². The largest absolute Gasteiger partial charge is 0.369 e. The first-order valence-corrected chi connectivity index (χ1v) is 5.59. The van der Waals surface area contributed by atoms with Gasteiger partial charge >= 0.3 is 0 Å². The van der Waals surface area contributed by atoms with Crippen LogP contribution >= 0.6 is 11.6 Å². The second-order valence-corrected chi connectivity index (χ2v) is 4.18. The maximum absolute atomic E-state index is 13.9. The molecule has 6 heteroatoms. The van der Waals surface area contributed by atoms with Crippen LogP contribution in [0.4, 0.5) is 10.3 Å². The lowest BCUT2D eigenvalue weighted by molar-refractivity contribution is 0.619. The van der Waals surface area contributed by atoms with Crippen LogP contribution in [0.1, 0.15) is 0 Å². The molecule has 3 aromatic rings. The first kappa shape index (κ1) is 11.0. The molecule has 18 heavy (non-hydrogen) atoms. The van der Waals surface area contributed by atoms with Crippen molar-refractivity contribution in [1.82, 2.24) is 14.5 Å². The Morgan fingerprint density at radius 3 is 2.94 bits per heavy atom. The minimum Gasteiger partial charge on any atom is -0.369 e. The molecular weight excluding hydrogens is 255 g/mol. The maximum atomic E-state index is 13.9. The van der Waals surface area contributed by atoms with Crippen molar-refractivity contribution in [2.75, 3.05) is 5.73 Å². The van der Waals surface area contributed by atoms with Gasteiger partial charge in [-0.15, -0.1) is 0 Å². The van der Waals surface area contributed by atoms with Crippen LogP contribution in [0.3, 0.4) is 0 Å². The summed E-state index contributed by atoms with van der Waals surface area (Å²) >= 11 is 5.88. The molecule has 1 aromatic carbocycles. The van der Waals surface area contributed by atoms with Gasteiger partial charge in [0, 0.05) is 11.2 Å². The number of nitrogens with zero attached hydrogens (tertiary/aromatic N) is 3. The Morgan fingerprint density at radius 1 is 1.28 bits per heavy atom. The third-order valence-corrected chi connectivity index (χ3v) is 2.83. The van der Waals surface area contributed by atoms with Crippen LogP contribution in [0, 0.1) is 5.82 Å². The lowest BCUT2D eigenvalue weighted by Gasteiger charge is -2.07. The Kier molecular flexibility index (Phi) is 2.41. The molecule has 0 saturated heterocycles. The van der Waals surface area contributed by atoms with Gasteiger partial charge in [-0.25, -0.2) is 14.4 Å². The number of nitrogen functional groups attached to an aromatic ring is 1. The van der Waals surface area contributed by atoms with E-state index in [1.807, 2.05) is 0 Å². The van der Waals surface area contributed by atoms with Crippen molar-refractivity contribution in [2.45, 2.75) is 0 Å². The smallest absolute Gasteiger partial charge is 0.207 e. The van der Waals surface area contributed by atoms with E-state index in [0.717, 1.165) is 0 Å². The molecule has 2 N–H and O–H groups in total. The van der Waals surface area contributed by atoms with Crippen LogP contribution in [-0.2, 0) is 0 Å². The van der Waals surface area contributed by atoms with E-state index in [-0.39, 0.29) is 11.6 Å². The molecule has 0 amide bonds. The van der Waals surface area contributed by atoms with Crippen LogP contribution in [0.15, 0.2) is 36.5 Å². The molecule has 2 heterocycles. The highest BCUT2D eigenvalue weighted by atomic mass is 35.5. The molecule has 3 rings (SSSR count). The van der Waals surface area contributed by atoms with Gasteiger partial charge in [0.15, 0.2) is 5.65 Å². The van der Waals surface area contributed by atoms with E-state index in [1.54, 1.807) is 18.3 Å². The number of benzene rings is 1. The van der Waals surface area contributed by atoms with Gasteiger partial charge in [0.1, 0.15) is 11.3 Å². The van der Waals surface area contributed by atoms with Crippen molar-refractivity contribution in [3.05, 3.63) is 47.4 Å². The minimum atomic E-state index is -0.434. The van der Waals surface area contributed by atoms with Crippen molar-refractivity contribution >= 4 is 28.7 Å². The van der Waals surface area contributed by atoms with Gasteiger partial charge in [-0.2, -0.15) is 0 Å². The molecule has 0 spiro atoms. The number of halogens is 2. The summed E-state index contributed by atoms with van der Waals surface area (Å²) < 4.78 is 15.3. The number of aromatic nitrogens is 3. The molecule has 0 bridgehead atoms. The minimum absolute atomic E-state index is 0.171. The number of hydrogen-bond acceptors (Lipinski definition) is 3. The summed E-state index contributed by atoms with van der Waals surface area (Å²) in [7, 11) is 0. The standard InChI is InChI=1S/C12H8ClFN4/c13-7-3-4-8(14)10(6-7)18-11-9(17-12(18)15)2-1-5-16-11/h1-6H,(H2,15,17). The summed E-state index contributed by atoms with van der Waals surface area (Å²) in [5, 5.41) is 0.420. The lowest BCUT2D eigenvalue weighted by atomic mass is 10.3. The second-order valence-electron chi connectivity index (χ2n) is 3.75. The Morgan fingerprint density at radius 2 is 2.11 bits per heavy atom. The van der Waals surface area contributed by atoms with E-state index in [9.17, 15) is 4.39 Å². The maximum Gasteiger partial charge on any atom is 0.207 e. The Labute approximate surface area is 107 Å². The van der Waals surface area contributed by atoms with Gasteiger partial charge in [-0.05, 0) is 30.3 Å². The fourth-order valence-corrected chi connectivity index (χ4v) is 1.99. The number of rotatable bonds is 1. The number of imidazole rings is 1. The summed E-state index contributed by atoms with van der Waals surface area (Å²) in [5.74, 6) is -0.263. The topological polar surface area (TPSA) is 56.7 Å². The van der Waals surface area contributed by atoms with Crippen molar-refractivity contribution in [3.63, 3.8) is 0 Å². The first-order valence-electron chi connectivity index (χ1n) is 5.21. The summed E-state index contributed by atoms with van der Waals surface area (Å²) in [6, 6.07) is 7.75. The highest BCUT2D eigenvalue weighted by Gasteiger charge is 2.14. The summed E-state index contributed by atoms with van der Waals surface area (Å²) in [5.41, 5.74) is 7.15. The summed E-state index contributed by atoms with van der Waals surface area (Å²) in [6.07, 6.45) is 1.60. The molecule has 90 valence electrons. The van der Waals surface area contributed by atoms with Gasteiger partial charge in [0.25, 0.3) is 0 Å². The molecule has 0 fully saturated rings.